The van der Waals surface area contributed by atoms with Gasteiger partial charge in [-0.2, -0.15) is 0 Å². The number of Topliss-reactive ketones (excluding diaryl/α,β-unsaturated/α-hetero) is 1. The quantitative estimate of drug-likeness (QED) is 0.654. The average Bonchev–Trinajstić information content (AvgIpc) is 2.65. The molecule has 1 aliphatic rings. The van der Waals surface area contributed by atoms with Crippen LogP contribution in [0.4, 0.5) is 0 Å². The molecule has 0 bridgehead atoms. The molecule has 1 amide bonds. The fourth-order valence-corrected chi connectivity index (χ4v) is 2.59. The number of nitrogens with one attached hydrogen (secondary N) is 1. The molecule has 1 N–H and O–H groups in total. The van der Waals surface area contributed by atoms with Gasteiger partial charge in [-0.3, -0.25) is 14.5 Å². The van der Waals surface area contributed by atoms with Crippen molar-refractivity contribution >= 4 is 11.7 Å². The summed E-state index contributed by atoms with van der Waals surface area (Å²) in [5.74, 6) is 0.661. The topological polar surface area (TPSA) is 67.9 Å². The summed E-state index contributed by atoms with van der Waals surface area (Å²) >= 11 is 0. The van der Waals surface area contributed by atoms with E-state index in [0.717, 1.165) is 45.0 Å². The van der Waals surface area contributed by atoms with Gasteiger partial charge in [-0.25, -0.2) is 0 Å². The first-order valence-electron chi connectivity index (χ1n) is 9.02. The van der Waals surface area contributed by atoms with Crippen LogP contribution in [0.2, 0.25) is 0 Å². The fourth-order valence-electron chi connectivity index (χ4n) is 2.59. The number of hydrogen-bond donors (Lipinski definition) is 1. The Hall–Kier alpha value is -1.92. The molecular weight excluding hydrogens is 320 g/mol. The molecule has 1 saturated heterocycles. The molecule has 0 radical (unpaired) electrons. The molecule has 1 heterocycles. The van der Waals surface area contributed by atoms with E-state index in [1.165, 1.54) is 0 Å². The third-order valence-corrected chi connectivity index (χ3v) is 4.08. The molecule has 138 valence electrons. The maximum atomic E-state index is 12.2. The van der Waals surface area contributed by atoms with Gasteiger partial charge in [0.2, 0.25) is 5.91 Å². The molecule has 2 rings (SSSR count). The smallest absolute Gasteiger partial charge is 0.220 e. The van der Waals surface area contributed by atoms with E-state index in [1.54, 1.807) is 24.3 Å². The summed E-state index contributed by atoms with van der Waals surface area (Å²) in [7, 11) is 0. The highest BCUT2D eigenvalue weighted by atomic mass is 16.5. The van der Waals surface area contributed by atoms with E-state index in [4.69, 9.17) is 9.47 Å². The molecule has 1 aliphatic heterocycles. The molecule has 0 saturated carbocycles. The van der Waals surface area contributed by atoms with E-state index in [-0.39, 0.29) is 24.5 Å². The summed E-state index contributed by atoms with van der Waals surface area (Å²) in [6.45, 7) is 7.47. The monoisotopic (exact) mass is 348 g/mol. The highest BCUT2D eigenvalue weighted by Crippen LogP contribution is 2.14. The first-order valence-corrected chi connectivity index (χ1v) is 9.02. The van der Waals surface area contributed by atoms with Crippen molar-refractivity contribution in [2.24, 2.45) is 0 Å². The zero-order chi connectivity index (χ0) is 17.9. The van der Waals surface area contributed by atoms with Crippen LogP contribution in [0.3, 0.4) is 0 Å². The Bertz CT molecular complexity index is 539. The molecule has 25 heavy (non-hydrogen) atoms. The van der Waals surface area contributed by atoms with Crippen LogP contribution in [0.25, 0.3) is 0 Å². The van der Waals surface area contributed by atoms with Crippen molar-refractivity contribution in [3.63, 3.8) is 0 Å². The summed E-state index contributed by atoms with van der Waals surface area (Å²) in [5, 5.41) is 2.88. The number of carbonyl (C=O) groups is 2. The lowest BCUT2D eigenvalue weighted by Crippen LogP contribution is -2.41. The van der Waals surface area contributed by atoms with Gasteiger partial charge in [0.05, 0.1) is 19.8 Å². The number of amides is 1. The van der Waals surface area contributed by atoms with Crippen LogP contribution >= 0.6 is 0 Å². The Morgan fingerprint density at radius 3 is 2.56 bits per heavy atom. The van der Waals surface area contributed by atoms with Crippen LogP contribution in [0, 0.1) is 0 Å². The normalized spacial score (nSPS) is 14.9. The van der Waals surface area contributed by atoms with Crippen LogP contribution in [-0.2, 0) is 9.53 Å². The Morgan fingerprint density at radius 2 is 1.88 bits per heavy atom. The van der Waals surface area contributed by atoms with E-state index in [2.05, 4.69) is 10.2 Å². The van der Waals surface area contributed by atoms with E-state index in [0.29, 0.717) is 18.7 Å². The van der Waals surface area contributed by atoms with Gasteiger partial charge in [0.25, 0.3) is 0 Å². The van der Waals surface area contributed by atoms with Crippen molar-refractivity contribution in [1.82, 2.24) is 10.2 Å². The predicted molar refractivity (Wildman–Crippen MR) is 96.1 cm³/mol. The van der Waals surface area contributed by atoms with E-state index in [1.807, 2.05) is 6.92 Å². The number of nitrogens with zero attached hydrogens (tertiary/aromatic N) is 1. The third kappa shape index (κ3) is 7.23. The van der Waals surface area contributed by atoms with Crippen molar-refractivity contribution in [2.45, 2.75) is 26.2 Å². The Labute approximate surface area is 149 Å². The minimum absolute atomic E-state index is 0.0228. The van der Waals surface area contributed by atoms with Crippen LogP contribution in [0.15, 0.2) is 24.3 Å². The minimum Gasteiger partial charge on any atom is -0.494 e. The molecule has 0 aromatic heterocycles. The van der Waals surface area contributed by atoms with Gasteiger partial charge < -0.3 is 14.8 Å². The zero-order valence-corrected chi connectivity index (χ0v) is 15.0. The van der Waals surface area contributed by atoms with Gasteiger partial charge in [0, 0.05) is 44.6 Å². The maximum absolute atomic E-state index is 12.2. The number of carbonyl (C=O) groups excluding carboxylic acids is 2. The highest BCUT2D eigenvalue weighted by Gasteiger charge is 2.12. The molecule has 0 spiro atoms. The molecule has 0 atom stereocenters. The predicted octanol–water partition coefficient (Wildman–Crippen LogP) is 1.89. The number of morpholine rings is 1. The number of benzene rings is 1. The molecule has 6 heteroatoms. The van der Waals surface area contributed by atoms with Crippen LogP contribution in [-0.4, -0.2) is 62.6 Å². The fraction of sp³-hybridized carbons (Fsp3) is 0.579. The Morgan fingerprint density at radius 1 is 1.16 bits per heavy atom. The van der Waals surface area contributed by atoms with Crippen molar-refractivity contribution in [2.75, 3.05) is 46.0 Å². The van der Waals surface area contributed by atoms with E-state index >= 15 is 0 Å². The number of hydrogen-bond acceptors (Lipinski definition) is 5. The molecule has 1 aromatic rings. The lowest BCUT2D eigenvalue weighted by Gasteiger charge is -2.26. The van der Waals surface area contributed by atoms with Gasteiger partial charge in [0.15, 0.2) is 5.78 Å². The lowest BCUT2D eigenvalue weighted by atomic mass is 10.1. The average molecular weight is 348 g/mol. The maximum Gasteiger partial charge on any atom is 0.220 e. The second-order valence-corrected chi connectivity index (χ2v) is 6.10. The lowest BCUT2D eigenvalue weighted by molar-refractivity contribution is -0.121. The van der Waals surface area contributed by atoms with E-state index in [9.17, 15) is 9.59 Å². The summed E-state index contributed by atoms with van der Waals surface area (Å²) < 4.78 is 10.8. The van der Waals surface area contributed by atoms with Gasteiger partial charge in [-0.15, -0.1) is 0 Å². The van der Waals surface area contributed by atoms with Gasteiger partial charge in [0.1, 0.15) is 5.75 Å². The van der Waals surface area contributed by atoms with Crippen LogP contribution < -0.4 is 10.1 Å². The number of ketones is 1. The first kappa shape index (κ1) is 19.4. The minimum atomic E-state index is -0.0792. The van der Waals surface area contributed by atoms with Crippen LogP contribution in [0.1, 0.15) is 36.5 Å². The molecule has 0 aliphatic carbocycles. The molecule has 6 nitrogen and oxygen atoms in total. The Balaban J connectivity index is 1.63. The second kappa shape index (κ2) is 10.8. The summed E-state index contributed by atoms with van der Waals surface area (Å²) in [6.07, 6.45) is 1.38. The third-order valence-electron chi connectivity index (χ3n) is 4.08. The summed E-state index contributed by atoms with van der Waals surface area (Å²) in [5.41, 5.74) is 0.616. The Kier molecular flexibility index (Phi) is 8.42. The van der Waals surface area contributed by atoms with Crippen molar-refractivity contribution in [1.29, 1.82) is 0 Å². The van der Waals surface area contributed by atoms with Crippen molar-refractivity contribution < 1.29 is 19.1 Å². The van der Waals surface area contributed by atoms with Crippen molar-refractivity contribution in [3.8, 4) is 5.75 Å². The highest BCUT2D eigenvalue weighted by molar-refractivity contribution is 5.98. The number of ether oxygens (including phenoxy) is 2. The van der Waals surface area contributed by atoms with Gasteiger partial charge in [-0.05, 0) is 30.7 Å². The summed E-state index contributed by atoms with van der Waals surface area (Å²) in [6, 6.07) is 7.10. The SMILES string of the molecule is CCCOc1ccc(C(=O)CCC(=O)NCCN2CCOCC2)cc1. The zero-order valence-electron chi connectivity index (χ0n) is 15.0. The van der Waals surface area contributed by atoms with E-state index < -0.39 is 0 Å². The standard InChI is InChI=1S/C19H28N2O4/c1-2-13-25-17-5-3-16(4-6-17)18(22)7-8-19(23)20-9-10-21-11-14-24-15-12-21/h3-6H,2,7-15H2,1H3,(H,20,23). The summed E-state index contributed by atoms with van der Waals surface area (Å²) in [4.78, 5) is 26.3. The molecular formula is C19H28N2O4. The molecule has 1 aromatic carbocycles. The van der Waals surface area contributed by atoms with Gasteiger partial charge >= 0.3 is 0 Å². The largest absolute Gasteiger partial charge is 0.494 e. The first-order chi connectivity index (χ1) is 12.2. The second-order valence-electron chi connectivity index (χ2n) is 6.10. The molecule has 1 fully saturated rings. The molecule has 0 unspecified atom stereocenters. The number of rotatable bonds is 10. The van der Waals surface area contributed by atoms with Crippen molar-refractivity contribution in [3.05, 3.63) is 29.8 Å². The van der Waals surface area contributed by atoms with Crippen LogP contribution in [0.5, 0.6) is 5.75 Å². The van der Waals surface area contributed by atoms with Gasteiger partial charge in [-0.1, -0.05) is 6.92 Å².